The minimum Gasteiger partial charge on any atom is -0.508 e. The maximum absolute atomic E-state index is 14.0. The van der Waals surface area contributed by atoms with Crippen molar-refractivity contribution in [3.05, 3.63) is 225 Å². The largest absolute Gasteiger partial charge is 0.508 e. The highest BCUT2D eigenvalue weighted by Gasteiger charge is 2.40. The number of halogens is 2. The van der Waals surface area contributed by atoms with Gasteiger partial charge in [0.15, 0.2) is 10.5 Å². The van der Waals surface area contributed by atoms with Crippen molar-refractivity contribution in [1.82, 2.24) is 19.9 Å². The van der Waals surface area contributed by atoms with Crippen LogP contribution in [-0.4, -0.2) is 92.8 Å². The lowest BCUT2D eigenvalue weighted by Gasteiger charge is -2.37. The van der Waals surface area contributed by atoms with Gasteiger partial charge >= 0.3 is 5.97 Å². The Hall–Kier alpha value is -9.05. The smallest absolute Gasteiger partial charge is 0.347 e. The van der Waals surface area contributed by atoms with Crippen LogP contribution >= 0.6 is 27.5 Å². The molecule has 0 aliphatic carbocycles. The number of hydrogen-bond acceptors (Lipinski definition) is 18. The van der Waals surface area contributed by atoms with Gasteiger partial charge in [-0.1, -0.05) is 102 Å². The number of nitrogens with zero attached hydrogens (tertiary/aromatic N) is 4. The Kier molecular flexibility index (Phi) is 19.6. The van der Waals surface area contributed by atoms with E-state index < -0.39 is 40.5 Å². The van der Waals surface area contributed by atoms with Crippen molar-refractivity contribution in [2.45, 2.75) is 56.5 Å². The summed E-state index contributed by atoms with van der Waals surface area (Å²) in [5.41, 5.74) is 4.91. The molecule has 0 aliphatic heterocycles. The lowest BCUT2D eigenvalue weighted by atomic mass is 9.80. The number of fused-ring (bicyclic) bond motifs is 1. The topological polar surface area (TPSA) is 219 Å². The number of benzene rings is 7. The summed E-state index contributed by atoms with van der Waals surface area (Å²) in [5, 5.41) is 11.2. The summed E-state index contributed by atoms with van der Waals surface area (Å²) in [6.07, 6.45) is 0.214. The van der Waals surface area contributed by atoms with Crippen molar-refractivity contribution < 1.29 is 64.8 Å². The van der Waals surface area contributed by atoms with Crippen LogP contribution in [0, 0.1) is 13.8 Å². The number of hydrogen-bond donors (Lipinski definition) is 1. The number of aryl methyl sites for hydroxylation is 1. The molecule has 3 aromatic heterocycles. The third-order valence-electron chi connectivity index (χ3n) is 14.4. The minimum absolute atomic E-state index is 0.000323. The summed E-state index contributed by atoms with van der Waals surface area (Å²) >= 11 is 11.0. The van der Waals surface area contributed by atoms with Crippen LogP contribution in [0.1, 0.15) is 46.0 Å². The summed E-state index contributed by atoms with van der Waals surface area (Å²) < 4.78 is 89.1. The van der Waals surface area contributed by atoms with E-state index in [0.717, 1.165) is 22.3 Å². The minimum atomic E-state index is -4.33. The number of aromatic hydroxyl groups is 1. The number of rotatable bonds is 26. The van der Waals surface area contributed by atoms with Crippen LogP contribution in [0.15, 0.2) is 190 Å². The highest BCUT2D eigenvalue weighted by molar-refractivity contribution is 9.10. The molecular weight excluding hydrogens is 1230 g/mol. The van der Waals surface area contributed by atoms with Crippen LogP contribution < -0.4 is 28.4 Å². The van der Waals surface area contributed by atoms with Gasteiger partial charge in [-0.2, -0.15) is 8.42 Å². The molecule has 0 unspecified atom stereocenters. The van der Waals surface area contributed by atoms with Gasteiger partial charge in [0.05, 0.1) is 61.3 Å². The first kappa shape index (κ1) is 62.0. The molecule has 0 amide bonds. The molecule has 2 atom stereocenters. The molecule has 0 fully saturated rings. The predicted octanol–water partition coefficient (Wildman–Crippen LogP) is 13.4. The number of furan rings is 1. The van der Waals surface area contributed by atoms with Gasteiger partial charge in [0.2, 0.25) is 17.7 Å². The van der Waals surface area contributed by atoms with Crippen molar-refractivity contribution in [3.63, 3.8) is 0 Å². The van der Waals surface area contributed by atoms with Crippen LogP contribution in [0.2, 0.25) is 5.02 Å². The normalized spacial score (nSPS) is 12.3. The van der Waals surface area contributed by atoms with Gasteiger partial charge in [-0.3, -0.25) is 4.18 Å². The van der Waals surface area contributed by atoms with Gasteiger partial charge in [-0.05, 0) is 143 Å². The Morgan fingerprint density at radius 1 is 0.716 bits per heavy atom. The van der Waals surface area contributed by atoms with Crippen molar-refractivity contribution in [2.75, 3.05) is 41.2 Å². The van der Waals surface area contributed by atoms with E-state index in [-0.39, 0.29) is 69.3 Å². The molecule has 0 radical (unpaired) electrons. The number of carbonyl (C=O) groups is 1. The fraction of sp³-hybridized carbons (Fsp3) is 0.209. The number of carbonyl (C=O) groups excluding carboxylic acids is 1. The van der Waals surface area contributed by atoms with E-state index in [1.54, 1.807) is 77.8 Å². The zero-order chi connectivity index (χ0) is 62.0. The monoisotopic (exact) mass is 1290 g/mol. The van der Waals surface area contributed by atoms with Crippen molar-refractivity contribution in [3.8, 4) is 62.9 Å². The zero-order valence-corrected chi connectivity index (χ0v) is 51.8. The zero-order valence-electron chi connectivity index (χ0n) is 48.6. The van der Waals surface area contributed by atoms with Gasteiger partial charge in [0.25, 0.3) is 10.1 Å². The number of ether oxygens (including phenoxy) is 8. The number of phenols is 1. The summed E-state index contributed by atoms with van der Waals surface area (Å²) in [4.78, 5) is 32.0. The summed E-state index contributed by atoms with van der Waals surface area (Å²) in [7, 11) is 0.419. The first-order valence-corrected chi connectivity index (χ1v) is 30.3. The number of methoxy groups -OCH3 is 3. The Labute approximate surface area is 522 Å². The van der Waals surface area contributed by atoms with Gasteiger partial charge in [-0.25, -0.2) is 24.7 Å². The molecule has 10 rings (SSSR count). The second-order valence-electron chi connectivity index (χ2n) is 20.0. The molecule has 0 saturated carbocycles. The van der Waals surface area contributed by atoms with Crippen LogP contribution in [-0.2, 0) is 47.2 Å². The van der Waals surface area contributed by atoms with E-state index in [9.17, 15) is 18.3 Å². The van der Waals surface area contributed by atoms with Crippen LogP contribution in [0.25, 0.3) is 33.6 Å². The van der Waals surface area contributed by atoms with Gasteiger partial charge in [0, 0.05) is 18.2 Å². The van der Waals surface area contributed by atoms with Gasteiger partial charge in [0.1, 0.15) is 71.1 Å². The van der Waals surface area contributed by atoms with Crippen molar-refractivity contribution in [2.24, 2.45) is 0 Å². The highest BCUT2D eigenvalue weighted by atomic mass is 79.9. The van der Waals surface area contributed by atoms with E-state index in [4.69, 9.17) is 63.1 Å². The van der Waals surface area contributed by atoms with E-state index in [0.29, 0.717) is 62.3 Å². The van der Waals surface area contributed by atoms with E-state index >= 15 is 0 Å². The Morgan fingerprint density at radius 3 is 2.07 bits per heavy atom. The predicted molar refractivity (Wildman–Crippen MR) is 333 cm³/mol. The van der Waals surface area contributed by atoms with E-state index in [1.165, 1.54) is 30.6 Å². The average Bonchev–Trinajstić information content (AvgIpc) is 2.18. The molecule has 18 nitrogen and oxygen atoms in total. The Bertz CT molecular complexity index is 4130. The summed E-state index contributed by atoms with van der Waals surface area (Å²) in [6, 6.07) is 47.9. The fourth-order valence-corrected chi connectivity index (χ4v) is 11.7. The van der Waals surface area contributed by atoms with Crippen LogP contribution in [0.4, 0.5) is 0 Å². The fourth-order valence-electron chi connectivity index (χ4n) is 9.95. The lowest BCUT2D eigenvalue weighted by molar-refractivity contribution is -0.151. The van der Waals surface area contributed by atoms with E-state index in [2.05, 4.69) is 30.9 Å². The second kappa shape index (κ2) is 27.8. The Morgan fingerprint density at radius 2 is 1.39 bits per heavy atom. The van der Waals surface area contributed by atoms with Crippen molar-refractivity contribution in [1.29, 1.82) is 0 Å². The number of phenolic OH excluding ortho intramolecular Hbond substituents is 1. The summed E-state index contributed by atoms with van der Waals surface area (Å²) in [6.45, 7) is 4.56. The molecule has 88 heavy (non-hydrogen) atoms. The van der Waals surface area contributed by atoms with Crippen LogP contribution in [0.3, 0.4) is 0 Å². The van der Waals surface area contributed by atoms with Gasteiger partial charge < -0.3 is 47.4 Å². The first-order valence-electron chi connectivity index (χ1n) is 27.7. The molecule has 21 heteroatoms. The number of esters is 1. The van der Waals surface area contributed by atoms with E-state index in [1.807, 2.05) is 110 Å². The second-order valence-corrected chi connectivity index (χ2v) is 22.7. The maximum atomic E-state index is 14.0. The van der Waals surface area contributed by atoms with Crippen LogP contribution in [0.5, 0.6) is 40.4 Å². The highest BCUT2D eigenvalue weighted by Crippen LogP contribution is 2.47. The third kappa shape index (κ3) is 13.7. The quantitative estimate of drug-likeness (QED) is 0.0303. The number of aromatic nitrogens is 4. The number of para-hydroxylation sites is 1. The molecule has 3 heterocycles. The molecule has 0 saturated heterocycles. The molecule has 1 N–H and O–H groups in total. The summed E-state index contributed by atoms with van der Waals surface area (Å²) in [5.74, 6) is 1.92. The molecule has 0 aliphatic rings. The van der Waals surface area contributed by atoms with Gasteiger partial charge in [-0.15, -0.1) is 0 Å². The molecule has 7 aromatic carbocycles. The third-order valence-corrected chi connectivity index (χ3v) is 16.7. The lowest BCUT2D eigenvalue weighted by Crippen LogP contribution is -2.39. The molecule has 0 bridgehead atoms. The Balaban J connectivity index is 0.974. The first-order chi connectivity index (χ1) is 42.6. The maximum Gasteiger partial charge on any atom is 0.347 e. The SMILES string of the molecule is CCOC(=O)[C@@H](Cc1cc(O)ccc1OCc1ccnc(-c2ccccc2OC)n1)Oc1ncnc2oc(Br)c(-c3ccc(O[C@H](COC(c4ccccc4)(c4ccc(OC)cc4)c4ccc(OC)cc4)COS(=O)(=O)c4ccc(C)cc4)c(Cl)c3C)c12. The average molecular weight is 1290 g/mol. The molecular formula is C67H60BrClN4O14S. The van der Waals surface area contributed by atoms with Crippen molar-refractivity contribution >= 4 is 54.7 Å². The molecule has 452 valence electrons. The standard InChI is InChI=1S/C67H60BrClN4O14S/c1-7-81-66(75)58(36-43-35-48(74)23-31-55(43)82-37-47-33-34-70-63(73-47)54-15-11-12-16-56(54)80-6)86-64-60-59(62(68)87-65(60)72-40-71-64)53-30-32-57(61(69)42(53)3)85-51(39-84-88(76,77)52-28-17-41(2)18-29-52)38-83-67(44-13-9-8-10-14-44,45-19-24-49(78-4)25-20-45)46-21-26-50(79-5)27-22-46/h8-35,40,51,58,74H,7,36-39H2,1-6H3/t51-,58-/m1/s1. The molecule has 10 aromatic rings. The molecule has 0 spiro atoms.